The van der Waals surface area contributed by atoms with Crippen LogP contribution in [-0.2, 0) is 13.2 Å². The van der Waals surface area contributed by atoms with Gasteiger partial charge in [0, 0.05) is 24.2 Å². The summed E-state index contributed by atoms with van der Waals surface area (Å²) in [5.41, 5.74) is 6.50. The first-order valence-corrected chi connectivity index (χ1v) is 11.3. The van der Waals surface area contributed by atoms with Crippen LogP contribution in [0, 0.1) is 5.82 Å². The van der Waals surface area contributed by atoms with E-state index >= 15 is 0 Å². The van der Waals surface area contributed by atoms with Crippen molar-refractivity contribution >= 4 is 35.1 Å². The maximum absolute atomic E-state index is 13.9. The molecule has 1 saturated heterocycles. The van der Waals surface area contributed by atoms with E-state index in [9.17, 15) is 9.18 Å². The minimum absolute atomic E-state index is 0. The zero-order valence-electron chi connectivity index (χ0n) is 18.5. The Bertz CT molecular complexity index is 1450. The van der Waals surface area contributed by atoms with E-state index < -0.39 is 0 Å². The van der Waals surface area contributed by atoms with Gasteiger partial charge < -0.3 is 15.0 Å². The molecule has 5 nitrogen and oxygen atoms in total. The lowest BCUT2D eigenvalue weighted by Gasteiger charge is -2.12. The van der Waals surface area contributed by atoms with Crippen molar-refractivity contribution in [1.82, 2.24) is 14.9 Å². The van der Waals surface area contributed by atoms with Crippen LogP contribution in [0.2, 0.25) is 0 Å². The summed E-state index contributed by atoms with van der Waals surface area (Å²) in [5, 5.41) is 3.46. The molecule has 2 aliphatic rings. The van der Waals surface area contributed by atoms with Gasteiger partial charge in [0.1, 0.15) is 18.2 Å². The Morgan fingerprint density at radius 3 is 2.77 bits per heavy atom. The first-order chi connectivity index (χ1) is 16.2. The average molecular weight is 494 g/mol. The molecule has 7 heteroatoms. The van der Waals surface area contributed by atoms with E-state index in [1.807, 2.05) is 41.0 Å². The number of hydrogen-bond acceptors (Lipinski definition) is 3. The molecule has 0 aliphatic carbocycles. The van der Waals surface area contributed by atoms with Gasteiger partial charge in [-0.25, -0.2) is 9.18 Å². The molecule has 6 rings (SSSR count). The highest BCUT2D eigenvalue weighted by Crippen LogP contribution is 2.38. The van der Waals surface area contributed by atoms with Gasteiger partial charge in [0.25, 0.3) is 0 Å². The monoisotopic (exact) mass is 493 g/mol. The van der Waals surface area contributed by atoms with E-state index in [0.29, 0.717) is 24.9 Å². The predicted molar refractivity (Wildman–Crippen MR) is 142 cm³/mol. The third kappa shape index (κ3) is 4.64. The number of ether oxygens (including phenoxy) is 1. The maximum Gasteiger partial charge on any atom is 0.326 e. The predicted octanol–water partition coefficient (Wildman–Crippen LogP) is 5.76. The van der Waals surface area contributed by atoms with E-state index in [2.05, 4.69) is 22.4 Å². The quantitative estimate of drug-likeness (QED) is 0.381. The summed E-state index contributed by atoms with van der Waals surface area (Å²) in [6.45, 7) is 2.06. The summed E-state index contributed by atoms with van der Waals surface area (Å²) >= 11 is 0. The molecular formula is C28H29ClFN3O2. The van der Waals surface area contributed by atoms with Crippen molar-refractivity contribution in [3.8, 4) is 5.75 Å². The number of halogens is 2. The minimum atomic E-state index is -0.323. The molecule has 182 valence electrons. The third-order valence-electron chi connectivity index (χ3n) is 6.60. The van der Waals surface area contributed by atoms with Gasteiger partial charge in [0.05, 0.1) is 11.0 Å². The maximum atomic E-state index is 13.9. The summed E-state index contributed by atoms with van der Waals surface area (Å²) in [6, 6.07) is 19.1. The SMILES string of the molecule is C.Cl.O=c1[nH]c2cc(/C=C3\c4ccccc4COc4cc(F)ccc43)ccc2n1C[C@H]1CCCN1. The molecule has 0 saturated carbocycles. The van der Waals surface area contributed by atoms with E-state index in [4.69, 9.17) is 4.74 Å². The van der Waals surface area contributed by atoms with Gasteiger partial charge >= 0.3 is 5.69 Å². The van der Waals surface area contributed by atoms with Crippen molar-refractivity contribution in [2.24, 2.45) is 0 Å². The van der Waals surface area contributed by atoms with E-state index in [0.717, 1.165) is 58.2 Å². The van der Waals surface area contributed by atoms with Gasteiger partial charge in [0.15, 0.2) is 0 Å². The number of rotatable bonds is 3. The summed E-state index contributed by atoms with van der Waals surface area (Å²) < 4.78 is 21.7. The zero-order chi connectivity index (χ0) is 22.4. The van der Waals surface area contributed by atoms with Gasteiger partial charge in [-0.2, -0.15) is 0 Å². The molecule has 0 amide bonds. The summed E-state index contributed by atoms with van der Waals surface area (Å²) in [5.74, 6) is 0.207. The van der Waals surface area contributed by atoms with E-state index in [-0.39, 0.29) is 31.3 Å². The van der Waals surface area contributed by atoms with Crippen molar-refractivity contribution in [2.75, 3.05) is 6.54 Å². The molecule has 0 bridgehead atoms. The number of nitrogens with zero attached hydrogens (tertiary/aromatic N) is 1. The molecule has 1 fully saturated rings. The number of H-pyrrole nitrogens is 1. The van der Waals surface area contributed by atoms with Crippen molar-refractivity contribution < 1.29 is 9.13 Å². The molecule has 0 radical (unpaired) electrons. The Labute approximate surface area is 210 Å². The van der Waals surface area contributed by atoms with Gasteiger partial charge in [-0.05, 0) is 72.0 Å². The molecule has 2 N–H and O–H groups in total. The number of hydrogen-bond donors (Lipinski definition) is 2. The molecule has 4 aromatic rings. The zero-order valence-corrected chi connectivity index (χ0v) is 19.3. The van der Waals surface area contributed by atoms with Gasteiger partial charge in [0.2, 0.25) is 0 Å². The summed E-state index contributed by atoms with van der Waals surface area (Å²) in [4.78, 5) is 15.7. The number of fused-ring (bicyclic) bond motifs is 3. The lowest BCUT2D eigenvalue weighted by atomic mass is 9.92. The van der Waals surface area contributed by atoms with E-state index in [1.54, 1.807) is 6.07 Å². The lowest BCUT2D eigenvalue weighted by Crippen LogP contribution is -2.31. The molecular weight excluding hydrogens is 465 g/mol. The average Bonchev–Trinajstić information content (AvgIpc) is 3.41. The van der Waals surface area contributed by atoms with Crippen LogP contribution >= 0.6 is 12.4 Å². The topological polar surface area (TPSA) is 59.1 Å². The Morgan fingerprint density at radius 1 is 1.09 bits per heavy atom. The largest absolute Gasteiger partial charge is 0.488 e. The van der Waals surface area contributed by atoms with Crippen molar-refractivity contribution in [1.29, 1.82) is 0 Å². The molecule has 2 aliphatic heterocycles. The summed E-state index contributed by atoms with van der Waals surface area (Å²) in [6.07, 6.45) is 4.32. The lowest BCUT2D eigenvalue weighted by molar-refractivity contribution is 0.305. The normalized spacial score (nSPS) is 17.6. The van der Waals surface area contributed by atoms with Gasteiger partial charge in [-0.3, -0.25) is 4.57 Å². The van der Waals surface area contributed by atoms with Gasteiger partial charge in [-0.15, -0.1) is 12.4 Å². The fourth-order valence-electron chi connectivity index (χ4n) is 4.95. The minimum Gasteiger partial charge on any atom is -0.488 e. The second-order valence-electron chi connectivity index (χ2n) is 8.75. The molecule has 0 spiro atoms. The van der Waals surface area contributed by atoms with Crippen LogP contribution in [0.25, 0.3) is 22.7 Å². The first-order valence-electron chi connectivity index (χ1n) is 11.3. The highest BCUT2D eigenvalue weighted by Gasteiger charge is 2.20. The second-order valence-corrected chi connectivity index (χ2v) is 8.75. The van der Waals surface area contributed by atoms with Crippen molar-refractivity contribution in [3.63, 3.8) is 0 Å². The molecule has 35 heavy (non-hydrogen) atoms. The molecule has 1 aromatic heterocycles. The fraction of sp³-hybridized carbons (Fsp3) is 0.250. The Balaban J connectivity index is 0.00000144. The Kier molecular flexibility index (Phi) is 7.15. The number of aromatic amines is 1. The standard InChI is InChI=1S/C27H24FN3O2.CH4.ClH/c28-19-8-9-22-23(21-6-2-1-4-18(21)16-33-26(22)14-19)12-17-7-10-25-24(13-17)30-27(32)31(25)15-20-5-3-11-29-20;;/h1-2,4,6-10,12-14,20,29H,3,5,11,15-16H2,(H,30,32);1H4;1H/b23-12+;;/t20-;;/m1../s1. The Morgan fingerprint density at radius 2 is 1.94 bits per heavy atom. The third-order valence-corrected chi connectivity index (χ3v) is 6.60. The van der Waals surface area contributed by atoms with E-state index in [1.165, 1.54) is 12.1 Å². The molecule has 1 atom stereocenters. The van der Waals surface area contributed by atoms with Crippen LogP contribution in [0.3, 0.4) is 0 Å². The van der Waals surface area contributed by atoms with Crippen LogP contribution in [0.15, 0.2) is 65.5 Å². The van der Waals surface area contributed by atoms with Crippen molar-refractivity contribution in [3.05, 3.63) is 99.2 Å². The second kappa shape index (κ2) is 10.1. The van der Waals surface area contributed by atoms with Crippen LogP contribution in [0.1, 0.15) is 42.5 Å². The van der Waals surface area contributed by atoms with Crippen LogP contribution in [0.4, 0.5) is 4.39 Å². The van der Waals surface area contributed by atoms with Gasteiger partial charge in [-0.1, -0.05) is 37.8 Å². The van der Waals surface area contributed by atoms with Crippen LogP contribution < -0.4 is 15.7 Å². The van der Waals surface area contributed by atoms with Crippen LogP contribution in [-0.4, -0.2) is 22.1 Å². The molecule has 3 heterocycles. The smallest absolute Gasteiger partial charge is 0.326 e. The Hall–Kier alpha value is -3.35. The number of nitrogens with one attached hydrogen (secondary N) is 2. The fourth-order valence-corrected chi connectivity index (χ4v) is 4.95. The number of imidazole rings is 1. The van der Waals surface area contributed by atoms with Crippen LogP contribution in [0.5, 0.6) is 5.75 Å². The highest BCUT2D eigenvalue weighted by molar-refractivity contribution is 5.95. The number of benzene rings is 3. The van der Waals surface area contributed by atoms with Crippen molar-refractivity contribution in [2.45, 2.75) is 39.5 Å². The molecule has 3 aromatic carbocycles. The molecule has 0 unspecified atom stereocenters. The number of aromatic nitrogens is 2. The first kappa shape index (κ1) is 24.8. The summed E-state index contributed by atoms with van der Waals surface area (Å²) in [7, 11) is 0. The highest BCUT2D eigenvalue weighted by atomic mass is 35.5.